The summed E-state index contributed by atoms with van der Waals surface area (Å²) in [6.07, 6.45) is 3.81. The van der Waals surface area contributed by atoms with Gasteiger partial charge in [0.1, 0.15) is 0 Å². The predicted molar refractivity (Wildman–Crippen MR) is 80.5 cm³/mol. The summed E-state index contributed by atoms with van der Waals surface area (Å²) < 4.78 is 0. The molecule has 0 unspecified atom stereocenters. The second-order valence-electron chi connectivity index (χ2n) is 6.24. The monoisotopic (exact) mass is 261 g/mol. The molecule has 0 aromatic heterocycles. The summed E-state index contributed by atoms with van der Waals surface area (Å²) in [5.74, 6) is 0. The first-order valence-corrected chi connectivity index (χ1v) is 7.53. The zero-order chi connectivity index (χ0) is 13.9. The van der Waals surface area contributed by atoms with E-state index in [9.17, 15) is 5.11 Å². The van der Waals surface area contributed by atoms with Crippen LogP contribution in [0.1, 0.15) is 42.9 Å². The van der Waals surface area contributed by atoms with Crippen LogP contribution in [0.4, 0.5) is 0 Å². The molecule has 1 heterocycles. The van der Waals surface area contributed by atoms with Crippen molar-refractivity contribution in [1.29, 1.82) is 0 Å². The maximum atomic E-state index is 10.8. The van der Waals surface area contributed by atoms with Gasteiger partial charge in [0.15, 0.2) is 0 Å². The van der Waals surface area contributed by atoms with Crippen LogP contribution in [0.25, 0.3) is 0 Å². The quantitative estimate of drug-likeness (QED) is 0.900. The molecule has 19 heavy (non-hydrogen) atoms. The Bertz CT molecular complexity index is 399. The number of aryl methyl sites for hydroxylation is 2. The van der Waals surface area contributed by atoms with Crippen LogP contribution in [0, 0.1) is 13.8 Å². The van der Waals surface area contributed by atoms with Crippen LogP contribution in [0.3, 0.4) is 0 Å². The average molecular weight is 261 g/mol. The van der Waals surface area contributed by atoms with E-state index in [2.05, 4.69) is 43.9 Å². The van der Waals surface area contributed by atoms with E-state index in [0.717, 1.165) is 32.4 Å². The van der Waals surface area contributed by atoms with Crippen LogP contribution in [0.5, 0.6) is 0 Å². The van der Waals surface area contributed by atoms with Crippen molar-refractivity contribution in [2.24, 2.45) is 0 Å². The van der Waals surface area contributed by atoms with Crippen molar-refractivity contribution >= 4 is 0 Å². The van der Waals surface area contributed by atoms with Gasteiger partial charge in [0, 0.05) is 19.5 Å². The molecule has 1 saturated heterocycles. The largest absolute Gasteiger partial charge is 0.389 e. The van der Waals surface area contributed by atoms with Gasteiger partial charge in [-0.3, -0.25) is 0 Å². The normalized spacial score (nSPS) is 19.6. The molecule has 0 atom stereocenters. The smallest absolute Gasteiger partial charge is 0.0712 e. The lowest BCUT2D eigenvalue weighted by Gasteiger charge is -2.38. The van der Waals surface area contributed by atoms with E-state index in [1.807, 2.05) is 0 Å². The Hall–Kier alpha value is -0.860. The first-order chi connectivity index (χ1) is 9.00. The zero-order valence-corrected chi connectivity index (χ0v) is 12.6. The lowest BCUT2D eigenvalue weighted by atomic mass is 9.84. The second-order valence-corrected chi connectivity index (χ2v) is 6.24. The van der Waals surface area contributed by atoms with Gasteiger partial charge in [0.25, 0.3) is 0 Å². The summed E-state index contributed by atoms with van der Waals surface area (Å²) in [6, 6.07) is 6.62. The molecular weight excluding hydrogens is 234 g/mol. The van der Waals surface area contributed by atoms with Gasteiger partial charge >= 0.3 is 0 Å². The summed E-state index contributed by atoms with van der Waals surface area (Å²) in [5, 5.41) is 10.8. The maximum absolute atomic E-state index is 10.8. The molecule has 0 amide bonds. The zero-order valence-electron chi connectivity index (χ0n) is 12.6. The lowest BCUT2D eigenvalue weighted by Crippen LogP contribution is -2.45. The number of rotatable bonds is 4. The van der Waals surface area contributed by atoms with E-state index in [-0.39, 0.29) is 0 Å². The third-order valence-electron chi connectivity index (χ3n) is 4.14. The fourth-order valence-electron chi connectivity index (χ4n) is 3.24. The lowest BCUT2D eigenvalue weighted by molar-refractivity contribution is -0.0205. The first-order valence-electron chi connectivity index (χ1n) is 7.53. The summed E-state index contributed by atoms with van der Waals surface area (Å²) in [5.41, 5.74) is 3.37. The highest BCUT2D eigenvalue weighted by molar-refractivity contribution is 5.29. The minimum absolute atomic E-state index is 0.496. The molecule has 2 nitrogen and oxygen atoms in total. The molecule has 1 N–H and O–H groups in total. The van der Waals surface area contributed by atoms with E-state index in [1.165, 1.54) is 29.7 Å². The van der Waals surface area contributed by atoms with Crippen LogP contribution in [-0.4, -0.2) is 35.2 Å². The van der Waals surface area contributed by atoms with E-state index >= 15 is 0 Å². The number of piperidine rings is 1. The molecule has 1 fully saturated rings. The number of aliphatic hydroxyl groups is 1. The molecule has 0 radical (unpaired) electrons. The molecule has 1 aliphatic heterocycles. The standard InChI is InChI=1S/C17H27NO/c1-4-7-18-8-5-17(19,6-9-18)13-16-11-14(2)10-15(3)12-16/h10-12,19H,4-9,13H2,1-3H3. The van der Waals surface area contributed by atoms with Crippen molar-refractivity contribution in [3.63, 3.8) is 0 Å². The van der Waals surface area contributed by atoms with E-state index in [4.69, 9.17) is 0 Å². The third-order valence-corrected chi connectivity index (χ3v) is 4.14. The third kappa shape index (κ3) is 4.05. The fraction of sp³-hybridized carbons (Fsp3) is 0.647. The topological polar surface area (TPSA) is 23.5 Å². The van der Waals surface area contributed by atoms with Crippen molar-refractivity contribution < 1.29 is 5.11 Å². The van der Waals surface area contributed by atoms with Gasteiger partial charge in [-0.1, -0.05) is 36.2 Å². The van der Waals surface area contributed by atoms with Gasteiger partial charge in [0.2, 0.25) is 0 Å². The summed E-state index contributed by atoms with van der Waals surface area (Å²) in [6.45, 7) is 9.72. The highest BCUT2D eigenvalue weighted by Crippen LogP contribution is 2.27. The predicted octanol–water partition coefficient (Wildman–Crippen LogP) is 3.08. The van der Waals surface area contributed by atoms with Crippen molar-refractivity contribution in [1.82, 2.24) is 4.90 Å². The molecule has 2 heteroatoms. The highest BCUT2D eigenvalue weighted by atomic mass is 16.3. The second kappa shape index (κ2) is 6.06. The summed E-state index contributed by atoms with van der Waals surface area (Å²) in [4.78, 5) is 2.47. The summed E-state index contributed by atoms with van der Waals surface area (Å²) in [7, 11) is 0. The molecule has 1 aromatic rings. The highest BCUT2D eigenvalue weighted by Gasteiger charge is 2.32. The van der Waals surface area contributed by atoms with Crippen molar-refractivity contribution in [2.45, 2.75) is 52.1 Å². The number of likely N-dealkylation sites (tertiary alicyclic amines) is 1. The van der Waals surface area contributed by atoms with Gasteiger partial charge in [-0.15, -0.1) is 0 Å². The fourth-order valence-corrected chi connectivity index (χ4v) is 3.24. The average Bonchev–Trinajstić information content (AvgIpc) is 2.31. The van der Waals surface area contributed by atoms with Crippen LogP contribution >= 0.6 is 0 Å². The molecule has 0 bridgehead atoms. The Morgan fingerprint density at radius 2 is 1.68 bits per heavy atom. The number of nitrogens with zero attached hydrogens (tertiary/aromatic N) is 1. The molecule has 0 spiro atoms. The van der Waals surface area contributed by atoms with E-state index < -0.39 is 5.60 Å². The van der Waals surface area contributed by atoms with Crippen LogP contribution < -0.4 is 0 Å². The molecule has 1 aromatic carbocycles. The number of benzene rings is 1. The first kappa shape index (κ1) is 14.5. The molecule has 106 valence electrons. The Labute approximate surface area is 117 Å². The van der Waals surface area contributed by atoms with Crippen molar-refractivity contribution in [3.8, 4) is 0 Å². The van der Waals surface area contributed by atoms with E-state index in [0.29, 0.717) is 0 Å². The van der Waals surface area contributed by atoms with Crippen molar-refractivity contribution in [3.05, 3.63) is 34.9 Å². The number of hydrogen-bond acceptors (Lipinski definition) is 2. The molecule has 2 rings (SSSR count). The minimum atomic E-state index is -0.496. The van der Waals surface area contributed by atoms with Crippen molar-refractivity contribution in [2.75, 3.05) is 19.6 Å². The number of hydrogen-bond donors (Lipinski definition) is 1. The SMILES string of the molecule is CCCN1CCC(O)(Cc2cc(C)cc(C)c2)CC1. The Morgan fingerprint density at radius 3 is 2.21 bits per heavy atom. The van der Waals surface area contributed by atoms with Gasteiger partial charge in [-0.05, 0) is 45.2 Å². The Kier molecular flexibility index (Phi) is 4.64. The van der Waals surface area contributed by atoms with Gasteiger partial charge in [-0.2, -0.15) is 0 Å². The van der Waals surface area contributed by atoms with Gasteiger partial charge in [-0.25, -0.2) is 0 Å². The minimum Gasteiger partial charge on any atom is -0.389 e. The maximum Gasteiger partial charge on any atom is 0.0712 e. The van der Waals surface area contributed by atoms with E-state index in [1.54, 1.807) is 0 Å². The van der Waals surface area contributed by atoms with Gasteiger partial charge < -0.3 is 10.0 Å². The molecular formula is C17H27NO. The van der Waals surface area contributed by atoms with Crippen LogP contribution in [-0.2, 0) is 6.42 Å². The Balaban J connectivity index is 1.98. The van der Waals surface area contributed by atoms with Gasteiger partial charge in [0.05, 0.1) is 5.60 Å². The molecule has 1 aliphatic rings. The van der Waals surface area contributed by atoms with Crippen LogP contribution in [0.15, 0.2) is 18.2 Å². The molecule has 0 saturated carbocycles. The Morgan fingerprint density at radius 1 is 1.11 bits per heavy atom. The van der Waals surface area contributed by atoms with Crippen LogP contribution in [0.2, 0.25) is 0 Å². The summed E-state index contributed by atoms with van der Waals surface area (Å²) >= 11 is 0. The molecule has 0 aliphatic carbocycles.